The Hall–Kier alpha value is -1.46. The maximum atomic E-state index is 5.95. The standard InChI is InChI=1S/C12H12ClN3OS/c1-14-11-10(17-2)12(16-7-15-11)18-9-5-3-4-8(13)6-9/h3-7H,1-2H3,(H,14,15,16). The van der Waals surface area contributed by atoms with E-state index in [0.717, 1.165) is 9.92 Å². The zero-order valence-electron chi connectivity index (χ0n) is 9.98. The number of hydrogen-bond acceptors (Lipinski definition) is 5. The molecule has 2 rings (SSSR count). The van der Waals surface area contributed by atoms with E-state index in [2.05, 4.69) is 15.3 Å². The van der Waals surface area contributed by atoms with Gasteiger partial charge in [-0.25, -0.2) is 9.97 Å². The molecule has 4 nitrogen and oxygen atoms in total. The summed E-state index contributed by atoms with van der Waals surface area (Å²) in [4.78, 5) is 9.33. The molecule has 6 heteroatoms. The lowest BCUT2D eigenvalue weighted by Gasteiger charge is -2.10. The van der Waals surface area contributed by atoms with E-state index in [9.17, 15) is 0 Å². The fourth-order valence-electron chi connectivity index (χ4n) is 1.43. The molecule has 0 aliphatic rings. The normalized spacial score (nSPS) is 10.2. The number of halogens is 1. The summed E-state index contributed by atoms with van der Waals surface area (Å²) in [5.74, 6) is 1.29. The first-order chi connectivity index (χ1) is 8.74. The lowest BCUT2D eigenvalue weighted by Crippen LogP contribution is -1.99. The Labute approximate surface area is 115 Å². The number of nitrogens with zero attached hydrogens (tertiary/aromatic N) is 2. The monoisotopic (exact) mass is 281 g/mol. The van der Waals surface area contributed by atoms with E-state index < -0.39 is 0 Å². The van der Waals surface area contributed by atoms with Gasteiger partial charge in [0.05, 0.1) is 7.11 Å². The molecule has 0 amide bonds. The SMILES string of the molecule is CNc1ncnc(Sc2cccc(Cl)c2)c1OC. The van der Waals surface area contributed by atoms with E-state index in [-0.39, 0.29) is 0 Å². The van der Waals surface area contributed by atoms with Crippen molar-refractivity contribution in [2.24, 2.45) is 0 Å². The van der Waals surface area contributed by atoms with Gasteiger partial charge in [0, 0.05) is 17.0 Å². The van der Waals surface area contributed by atoms with E-state index >= 15 is 0 Å². The van der Waals surface area contributed by atoms with Gasteiger partial charge in [0.25, 0.3) is 0 Å². The molecule has 0 fully saturated rings. The van der Waals surface area contributed by atoms with Gasteiger partial charge in [0.15, 0.2) is 11.6 Å². The van der Waals surface area contributed by atoms with Crippen LogP contribution in [-0.4, -0.2) is 24.1 Å². The number of benzene rings is 1. The average Bonchev–Trinajstić information content (AvgIpc) is 2.38. The van der Waals surface area contributed by atoms with Crippen molar-refractivity contribution >= 4 is 29.2 Å². The summed E-state index contributed by atoms with van der Waals surface area (Å²) in [6.07, 6.45) is 1.50. The first-order valence-corrected chi connectivity index (χ1v) is 6.44. The molecule has 0 saturated carbocycles. The van der Waals surface area contributed by atoms with E-state index in [1.807, 2.05) is 24.3 Å². The maximum Gasteiger partial charge on any atom is 0.194 e. The van der Waals surface area contributed by atoms with Gasteiger partial charge in [-0.15, -0.1) is 0 Å². The van der Waals surface area contributed by atoms with Crippen LogP contribution in [0.4, 0.5) is 5.82 Å². The lowest BCUT2D eigenvalue weighted by molar-refractivity contribution is 0.400. The smallest absolute Gasteiger partial charge is 0.194 e. The summed E-state index contributed by atoms with van der Waals surface area (Å²) < 4.78 is 5.33. The zero-order valence-corrected chi connectivity index (χ0v) is 11.5. The first kappa shape index (κ1) is 13.0. The summed E-state index contributed by atoms with van der Waals surface area (Å²) in [6, 6.07) is 7.59. The van der Waals surface area contributed by atoms with Gasteiger partial charge < -0.3 is 10.1 Å². The van der Waals surface area contributed by atoms with Crippen LogP contribution in [0.1, 0.15) is 0 Å². The average molecular weight is 282 g/mol. The number of ether oxygens (including phenoxy) is 1. The van der Waals surface area contributed by atoms with Crippen LogP contribution in [-0.2, 0) is 0 Å². The van der Waals surface area contributed by atoms with Gasteiger partial charge in [0.2, 0.25) is 0 Å². The van der Waals surface area contributed by atoms with E-state index in [1.54, 1.807) is 14.2 Å². The molecule has 2 aromatic rings. The Morgan fingerprint density at radius 2 is 2.17 bits per heavy atom. The van der Waals surface area contributed by atoms with Crippen LogP contribution in [0, 0.1) is 0 Å². The van der Waals surface area contributed by atoms with Crippen molar-refractivity contribution in [1.29, 1.82) is 0 Å². The van der Waals surface area contributed by atoms with Crippen molar-refractivity contribution in [2.75, 3.05) is 19.5 Å². The predicted molar refractivity (Wildman–Crippen MR) is 73.7 cm³/mol. The van der Waals surface area contributed by atoms with Gasteiger partial charge in [0.1, 0.15) is 11.4 Å². The number of methoxy groups -OCH3 is 1. The zero-order chi connectivity index (χ0) is 13.0. The van der Waals surface area contributed by atoms with Crippen molar-refractivity contribution in [3.05, 3.63) is 35.6 Å². The summed E-state index contributed by atoms with van der Waals surface area (Å²) in [6.45, 7) is 0. The third-order valence-electron chi connectivity index (χ3n) is 2.22. The topological polar surface area (TPSA) is 47.0 Å². The van der Waals surface area contributed by atoms with E-state index in [1.165, 1.54) is 18.1 Å². The number of hydrogen-bond donors (Lipinski definition) is 1. The highest BCUT2D eigenvalue weighted by Gasteiger charge is 2.12. The molecule has 0 saturated heterocycles. The fraction of sp³-hybridized carbons (Fsp3) is 0.167. The van der Waals surface area contributed by atoms with Gasteiger partial charge in [-0.1, -0.05) is 29.4 Å². The Kier molecular flexibility index (Phi) is 4.28. The first-order valence-electron chi connectivity index (χ1n) is 5.24. The predicted octanol–water partition coefficient (Wildman–Crippen LogP) is 3.33. The lowest BCUT2D eigenvalue weighted by atomic mass is 10.4. The third kappa shape index (κ3) is 2.86. The number of nitrogens with one attached hydrogen (secondary N) is 1. The number of rotatable bonds is 4. The minimum Gasteiger partial charge on any atom is -0.490 e. The third-order valence-corrected chi connectivity index (χ3v) is 3.43. The van der Waals surface area contributed by atoms with E-state index in [4.69, 9.17) is 16.3 Å². The fourth-order valence-corrected chi connectivity index (χ4v) is 2.62. The molecule has 0 aliphatic carbocycles. The molecule has 0 atom stereocenters. The molecule has 18 heavy (non-hydrogen) atoms. The maximum absolute atomic E-state index is 5.95. The quantitative estimate of drug-likeness (QED) is 0.871. The molecule has 1 aromatic heterocycles. The molecule has 0 aliphatic heterocycles. The van der Waals surface area contributed by atoms with Crippen LogP contribution in [0.5, 0.6) is 5.75 Å². The molecule has 0 unspecified atom stereocenters. The summed E-state index contributed by atoms with van der Waals surface area (Å²) in [5.41, 5.74) is 0. The molecule has 0 bridgehead atoms. The Morgan fingerprint density at radius 3 is 2.83 bits per heavy atom. The van der Waals surface area contributed by atoms with E-state index in [0.29, 0.717) is 16.6 Å². The molecule has 1 N–H and O–H groups in total. The molecular weight excluding hydrogens is 270 g/mol. The highest BCUT2D eigenvalue weighted by atomic mass is 35.5. The van der Waals surface area contributed by atoms with Crippen LogP contribution in [0.2, 0.25) is 5.02 Å². The largest absolute Gasteiger partial charge is 0.490 e. The van der Waals surface area contributed by atoms with Crippen molar-refractivity contribution < 1.29 is 4.74 Å². The van der Waals surface area contributed by atoms with Crippen LogP contribution < -0.4 is 10.1 Å². The van der Waals surface area contributed by atoms with Crippen LogP contribution in [0.15, 0.2) is 40.5 Å². The second-order valence-corrected chi connectivity index (χ2v) is 4.87. The second kappa shape index (κ2) is 5.93. The summed E-state index contributed by atoms with van der Waals surface area (Å²) in [5, 5.41) is 4.41. The van der Waals surface area contributed by atoms with Crippen molar-refractivity contribution in [2.45, 2.75) is 9.92 Å². The molecule has 94 valence electrons. The highest BCUT2D eigenvalue weighted by Crippen LogP contribution is 2.36. The molecule has 0 radical (unpaired) electrons. The van der Waals surface area contributed by atoms with Gasteiger partial charge in [-0.3, -0.25) is 0 Å². The van der Waals surface area contributed by atoms with Crippen molar-refractivity contribution in [3.8, 4) is 5.75 Å². The van der Waals surface area contributed by atoms with Crippen LogP contribution >= 0.6 is 23.4 Å². The van der Waals surface area contributed by atoms with Crippen molar-refractivity contribution in [3.63, 3.8) is 0 Å². The number of anilines is 1. The minimum absolute atomic E-state index is 0.630. The summed E-state index contributed by atoms with van der Waals surface area (Å²) in [7, 11) is 3.39. The van der Waals surface area contributed by atoms with Crippen LogP contribution in [0.25, 0.3) is 0 Å². The van der Waals surface area contributed by atoms with Crippen LogP contribution in [0.3, 0.4) is 0 Å². The highest BCUT2D eigenvalue weighted by molar-refractivity contribution is 7.99. The summed E-state index contributed by atoms with van der Waals surface area (Å²) >= 11 is 7.44. The molecular formula is C12H12ClN3OS. The van der Waals surface area contributed by atoms with Gasteiger partial charge >= 0.3 is 0 Å². The Balaban J connectivity index is 2.34. The van der Waals surface area contributed by atoms with Gasteiger partial charge in [-0.2, -0.15) is 0 Å². The Bertz CT molecular complexity index is 551. The van der Waals surface area contributed by atoms with Gasteiger partial charge in [-0.05, 0) is 18.2 Å². The van der Waals surface area contributed by atoms with Crippen molar-refractivity contribution in [1.82, 2.24) is 9.97 Å². The number of aromatic nitrogens is 2. The second-order valence-electron chi connectivity index (χ2n) is 3.37. The molecule has 1 aromatic carbocycles. The molecule has 0 spiro atoms. The Morgan fingerprint density at radius 1 is 1.33 bits per heavy atom. The minimum atomic E-state index is 0.630. The molecule has 1 heterocycles.